The maximum atomic E-state index is 6.47. The summed E-state index contributed by atoms with van der Waals surface area (Å²) >= 11 is 8.26. The van der Waals surface area contributed by atoms with Gasteiger partial charge in [0.15, 0.2) is 5.82 Å². The highest BCUT2D eigenvalue weighted by Crippen LogP contribution is 2.44. The van der Waals surface area contributed by atoms with Crippen molar-refractivity contribution in [1.29, 1.82) is 0 Å². The van der Waals surface area contributed by atoms with Crippen molar-refractivity contribution >= 4 is 33.2 Å². The lowest BCUT2D eigenvalue weighted by molar-refractivity contribution is 0.0775. The van der Waals surface area contributed by atoms with Gasteiger partial charge in [-0.1, -0.05) is 11.6 Å². The van der Waals surface area contributed by atoms with Crippen LogP contribution in [0.15, 0.2) is 0 Å². The molecule has 2 heterocycles. The van der Waals surface area contributed by atoms with Gasteiger partial charge in [0.05, 0.1) is 5.39 Å². The highest BCUT2D eigenvalue weighted by molar-refractivity contribution is 7.19. The standard InChI is InChI=1S/C15H17ClN2OS/c1-19-12(8-6-7-8)14-17-13(16)11-9-4-2-3-5-10(9)20-15(11)18-14/h8,12H,2-7H2,1H3. The van der Waals surface area contributed by atoms with Crippen LogP contribution in [-0.2, 0) is 17.6 Å². The van der Waals surface area contributed by atoms with Gasteiger partial charge in [-0.15, -0.1) is 11.3 Å². The minimum absolute atomic E-state index is 0.0102. The zero-order chi connectivity index (χ0) is 13.7. The predicted molar refractivity (Wildman–Crippen MR) is 81.5 cm³/mol. The second-order valence-electron chi connectivity index (χ2n) is 5.76. The fourth-order valence-electron chi connectivity index (χ4n) is 3.16. The predicted octanol–water partition coefficient (Wildman–Crippen LogP) is 4.32. The molecule has 0 bridgehead atoms. The van der Waals surface area contributed by atoms with Gasteiger partial charge in [0.2, 0.25) is 0 Å². The zero-order valence-corrected chi connectivity index (χ0v) is 13.1. The summed E-state index contributed by atoms with van der Waals surface area (Å²) in [5.41, 5.74) is 1.40. The van der Waals surface area contributed by atoms with E-state index in [1.54, 1.807) is 18.4 Å². The third-order valence-corrected chi connectivity index (χ3v) is 5.81. The first-order chi connectivity index (χ1) is 9.78. The van der Waals surface area contributed by atoms with Crippen LogP contribution in [0, 0.1) is 5.92 Å². The van der Waals surface area contributed by atoms with E-state index in [0.717, 1.165) is 22.5 Å². The van der Waals surface area contributed by atoms with E-state index in [1.807, 2.05) is 0 Å². The Morgan fingerprint density at radius 2 is 2.05 bits per heavy atom. The van der Waals surface area contributed by atoms with Crippen molar-refractivity contribution in [1.82, 2.24) is 9.97 Å². The maximum Gasteiger partial charge on any atom is 0.160 e. The van der Waals surface area contributed by atoms with E-state index in [1.165, 1.54) is 42.5 Å². The molecule has 0 amide bonds. The Morgan fingerprint density at radius 3 is 2.80 bits per heavy atom. The SMILES string of the molecule is COC(c1nc(Cl)c2c3c(sc2n1)CCCC3)C1CC1. The van der Waals surface area contributed by atoms with Crippen LogP contribution >= 0.6 is 22.9 Å². The summed E-state index contributed by atoms with van der Waals surface area (Å²) < 4.78 is 5.59. The van der Waals surface area contributed by atoms with E-state index < -0.39 is 0 Å². The number of fused-ring (bicyclic) bond motifs is 3. The molecule has 2 aromatic heterocycles. The van der Waals surface area contributed by atoms with Gasteiger partial charge in [-0.2, -0.15) is 0 Å². The fourth-order valence-corrected chi connectivity index (χ4v) is 4.78. The largest absolute Gasteiger partial charge is 0.373 e. The Balaban J connectivity index is 1.85. The van der Waals surface area contributed by atoms with Crippen LogP contribution in [-0.4, -0.2) is 17.1 Å². The van der Waals surface area contributed by atoms with Gasteiger partial charge < -0.3 is 4.74 Å². The van der Waals surface area contributed by atoms with Crippen LogP contribution in [0.2, 0.25) is 5.15 Å². The van der Waals surface area contributed by atoms with Crippen molar-refractivity contribution in [3.05, 3.63) is 21.4 Å². The number of thiophene rings is 1. The molecule has 0 N–H and O–H groups in total. The molecule has 2 aromatic rings. The second kappa shape index (κ2) is 4.93. The third kappa shape index (κ3) is 2.05. The number of aromatic nitrogens is 2. The Hall–Kier alpha value is -0.710. The first kappa shape index (κ1) is 13.0. The first-order valence-electron chi connectivity index (χ1n) is 7.28. The normalized spacial score (nSPS) is 20.1. The highest BCUT2D eigenvalue weighted by Gasteiger charge is 2.35. The lowest BCUT2D eigenvalue weighted by Crippen LogP contribution is -2.09. The minimum Gasteiger partial charge on any atom is -0.373 e. The molecule has 2 aliphatic rings. The Morgan fingerprint density at radius 1 is 1.25 bits per heavy atom. The minimum atomic E-state index is 0.0102. The summed E-state index contributed by atoms with van der Waals surface area (Å²) in [6.07, 6.45) is 7.24. The van der Waals surface area contributed by atoms with Crippen molar-refractivity contribution in [2.75, 3.05) is 7.11 Å². The third-order valence-electron chi connectivity index (χ3n) is 4.35. The summed E-state index contributed by atoms with van der Waals surface area (Å²) in [5.74, 6) is 1.34. The van der Waals surface area contributed by atoms with Gasteiger partial charge in [-0.05, 0) is 50.0 Å². The van der Waals surface area contributed by atoms with Gasteiger partial charge in [0.25, 0.3) is 0 Å². The molecule has 1 saturated carbocycles. The fraction of sp³-hybridized carbons (Fsp3) is 0.600. The number of halogens is 1. The van der Waals surface area contributed by atoms with Gasteiger partial charge in [-0.25, -0.2) is 9.97 Å². The average molecular weight is 309 g/mol. The van der Waals surface area contributed by atoms with Gasteiger partial charge in [0.1, 0.15) is 16.1 Å². The molecule has 5 heteroatoms. The summed E-state index contributed by atoms with van der Waals surface area (Å²) in [6, 6.07) is 0. The topological polar surface area (TPSA) is 35.0 Å². The van der Waals surface area contributed by atoms with Gasteiger partial charge in [-0.3, -0.25) is 0 Å². The van der Waals surface area contributed by atoms with Crippen molar-refractivity contribution in [2.45, 2.75) is 44.6 Å². The number of hydrogen-bond acceptors (Lipinski definition) is 4. The molecule has 0 radical (unpaired) electrons. The van der Waals surface area contributed by atoms with Crippen molar-refractivity contribution < 1.29 is 4.74 Å². The summed E-state index contributed by atoms with van der Waals surface area (Å²) in [4.78, 5) is 11.8. The zero-order valence-electron chi connectivity index (χ0n) is 11.5. The molecule has 1 atom stereocenters. The molecule has 4 rings (SSSR count). The molecule has 1 fully saturated rings. The lowest BCUT2D eigenvalue weighted by atomic mass is 9.97. The maximum absolute atomic E-state index is 6.47. The van der Waals surface area contributed by atoms with E-state index in [2.05, 4.69) is 4.98 Å². The molecule has 106 valence electrons. The number of ether oxygens (including phenoxy) is 1. The number of nitrogens with zero attached hydrogens (tertiary/aromatic N) is 2. The molecule has 0 aliphatic heterocycles. The van der Waals surface area contributed by atoms with E-state index in [9.17, 15) is 0 Å². The van der Waals surface area contributed by atoms with Crippen LogP contribution in [0.1, 0.15) is 48.1 Å². The smallest absolute Gasteiger partial charge is 0.160 e. The average Bonchev–Trinajstić information content (AvgIpc) is 3.19. The molecule has 1 unspecified atom stereocenters. The molecular weight excluding hydrogens is 292 g/mol. The van der Waals surface area contributed by atoms with Crippen molar-refractivity contribution in [2.24, 2.45) is 5.92 Å². The molecule has 3 nitrogen and oxygen atoms in total. The van der Waals surface area contributed by atoms with Crippen molar-refractivity contribution in [3.8, 4) is 0 Å². The first-order valence-corrected chi connectivity index (χ1v) is 8.48. The number of rotatable bonds is 3. The molecule has 0 spiro atoms. The Kier molecular flexibility index (Phi) is 3.20. The molecule has 20 heavy (non-hydrogen) atoms. The molecule has 2 aliphatic carbocycles. The van der Waals surface area contributed by atoms with Gasteiger partial charge in [0, 0.05) is 12.0 Å². The number of hydrogen-bond donors (Lipinski definition) is 0. The van der Waals surface area contributed by atoms with Crippen LogP contribution in [0.5, 0.6) is 0 Å². The van der Waals surface area contributed by atoms with E-state index in [0.29, 0.717) is 11.1 Å². The van der Waals surface area contributed by atoms with Crippen LogP contribution in [0.3, 0.4) is 0 Å². The van der Waals surface area contributed by atoms with E-state index in [4.69, 9.17) is 21.3 Å². The van der Waals surface area contributed by atoms with Crippen LogP contribution in [0.25, 0.3) is 10.2 Å². The second-order valence-corrected chi connectivity index (χ2v) is 7.20. The monoisotopic (exact) mass is 308 g/mol. The van der Waals surface area contributed by atoms with E-state index >= 15 is 0 Å². The van der Waals surface area contributed by atoms with Crippen molar-refractivity contribution in [3.63, 3.8) is 0 Å². The Bertz CT molecular complexity index is 665. The molecular formula is C15H17ClN2OS. The summed E-state index contributed by atoms with van der Waals surface area (Å²) in [6.45, 7) is 0. The van der Waals surface area contributed by atoms with Crippen LogP contribution in [0.4, 0.5) is 0 Å². The number of aryl methyl sites for hydroxylation is 2. The lowest BCUT2D eigenvalue weighted by Gasteiger charge is -2.13. The number of methoxy groups -OCH3 is 1. The quantitative estimate of drug-likeness (QED) is 0.792. The summed E-state index contributed by atoms with van der Waals surface area (Å²) in [5, 5.41) is 1.72. The molecule has 0 aromatic carbocycles. The van der Waals surface area contributed by atoms with E-state index in [-0.39, 0.29) is 6.10 Å². The molecule has 0 saturated heterocycles. The Labute approximate surface area is 127 Å². The van der Waals surface area contributed by atoms with Crippen LogP contribution < -0.4 is 0 Å². The van der Waals surface area contributed by atoms with Gasteiger partial charge >= 0.3 is 0 Å². The summed E-state index contributed by atoms with van der Waals surface area (Å²) in [7, 11) is 1.74. The highest BCUT2D eigenvalue weighted by atomic mass is 35.5.